The van der Waals surface area contributed by atoms with Crippen LogP contribution in [0.5, 0.6) is 0 Å². The number of halogens is 1. The summed E-state index contributed by atoms with van der Waals surface area (Å²) in [5.74, 6) is 1.62. The predicted octanol–water partition coefficient (Wildman–Crippen LogP) is 2.47. The zero-order valence-corrected chi connectivity index (χ0v) is 16.1. The van der Waals surface area contributed by atoms with Crippen LogP contribution in [0.25, 0.3) is 0 Å². The third-order valence-electron chi connectivity index (χ3n) is 5.23. The number of ether oxygens (including phenoxy) is 1. The zero-order chi connectivity index (χ0) is 19.2. The highest BCUT2D eigenvalue weighted by atomic mass is 32.2. The summed E-state index contributed by atoms with van der Waals surface area (Å²) in [4.78, 5) is 26.2. The summed E-state index contributed by atoms with van der Waals surface area (Å²) in [7, 11) is 0. The van der Waals surface area contributed by atoms with Crippen molar-refractivity contribution in [2.75, 3.05) is 18.2 Å². The smallest absolute Gasteiger partial charge is 0.407 e. The van der Waals surface area contributed by atoms with E-state index in [1.807, 2.05) is 4.90 Å². The number of nitrogens with one attached hydrogen (secondary N) is 1. The van der Waals surface area contributed by atoms with Crippen molar-refractivity contribution in [3.8, 4) is 0 Å². The Bertz CT molecular complexity index is 644. The lowest BCUT2D eigenvalue weighted by atomic mass is 9.81. The Morgan fingerprint density at radius 1 is 1.26 bits per heavy atom. The van der Waals surface area contributed by atoms with E-state index in [4.69, 9.17) is 10.5 Å². The van der Waals surface area contributed by atoms with E-state index < -0.39 is 12.1 Å². The molecule has 1 aliphatic carbocycles. The fourth-order valence-corrected chi connectivity index (χ4v) is 4.52. The van der Waals surface area contributed by atoms with Gasteiger partial charge in [-0.1, -0.05) is 12.1 Å². The Hall–Kier alpha value is -1.80. The highest BCUT2D eigenvalue weighted by molar-refractivity contribution is 7.99. The quantitative estimate of drug-likeness (QED) is 0.800. The summed E-state index contributed by atoms with van der Waals surface area (Å²) < 4.78 is 18.1. The number of rotatable bonds is 5. The van der Waals surface area contributed by atoms with Crippen LogP contribution in [0, 0.1) is 11.7 Å². The summed E-state index contributed by atoms with van der Waals surface area (Å²) in [5, 5.41) is 2.87. The fourth-order valence-electron chi connectivity index (χ4n) is 3.56. The van der Waals surface area contributed by atoms with Crippen molar-refractivity contribution < 1.29 is 18.7 Å². The molecule has 8 heteroatoms. The molecule has 2 fully saturated rings. The van der Waals surface area contributed by atoms with Gasteiger partial charge in [-0.05, 0) is 49.3 Å². The van der Waals surface area contributed by atoms with Gasteiger partial charge in [0.05, 0.1) is 11.9 Å². The molecule has 0 radical (unpaired) electrons. The standard InChI is InChI=1S/C19H26FN3O3S/c20-15-5-1-13(2-6-15)11-26-19(25)22-16-7-3-14(4-8-16)17(21)18(24)23-9-10-27-12-23/h1-2,5-6,14,16-17H,3-4,7-12,21H2,(H,22,25). The van der Waals surface area contributed by atoms with Crippen LogP contribution in [0.1, 0.15) is 31.2 Å². The molecule has 1 aromatic carbocycles. The van der Waals surface area contributed by atoms with Crippen LogP contribution >= 0.6 is 11.8 Å². The molecule has 1 aliphatic heterocycles. The average molecular weight is 396 g/mol. The Kier molecular flexibility index (Phi) is 6.95. The summed E-state index contributed by atoms with van der Waals surface area (Å²) in [6.07, 6.45) is 2.73. The van der Waals surface area contributed by atoms with E-state index in [-0.39, 0.29) is 30.3 Å². The van der Waals surface area contributed by atoms with Gasteiger partial charge in [0, 0.05) is 18.3 Å². The van der Waals surface area contributed by atoms with Crippen LogP contribution in [-0.2, 0) is 16.1 Å². The second kappa shape index (κ2) is 9.41. The van der Waals surface area contributed by atoms with Crippen molar-refractivity contribution >= 4 is 23.8 Å². The number of carbonyl (C=O) groups excluding carboxylic acids is 2. The molecule has 1 aromatic rings. The van der Waals surface area contributed by atoms with Crippen molar-refractivity contribution in [1.82, 2.24) is 10.2 Å². The fraction of sp³-hybridized carbons (Fsp3) is 0.579. The molecule has 1 saturated heterocycles. The largest absolute Gasteiger partial charge is 0.445 e. The molecular formula is C19H26FN3O3S. The first-order chi connectivity index (χ1) is 13.0. The Labute approximate surface area is 163 Å². The van der Waals surface area contributed by atoms with Crippen molar-refractivity contribution in [3.63, 3.8) is 0 Å². The normalized spacial score (nSPS) is 23.7. The van der Waals surface area contributed by atoms with Crippen LogP contribution < -0.4 is 11.1 Å². The van der Waals surface area contributed by atoms with Crippen LogP contribution in [0.3, 0.4) is 0 Å². The minimum atomic E-state index is -0.475. The molecular weight excluding hydrogens is 369 g/mol. The number of alkyl carbamates (subject to hydrolysis) is 1. The van der Waals surface area contributed by atoms with Gasteiger partial charge in [0.2, 0.25) is 5.91 Å². The molecule has 1 atom stereocenters. The maximum absolute atomic E-state index is 12.9. The minimum Gasteiger partial charge on any atom is -0.445 e. The van der Waals surface area contributed by atoms with Gasteiger partial charge >= 0.3 is 6.09 Å². The molecule has 6 nitrogen and oxygen atoms in total. The first-order valence-electron chi connectivity index (χ1n) is 9.33. The third kappa shape index (κ3) is 5.59. The predicted molar refractivity (Wildman–Crippen MR) is 102 cm³/mol. The number of thioether (sulfide) groups is 1. The van der Waals surface area contributed by atoms with E-state index in [1.54, 1.807) is 23.9 Å². The van der Waals surface area contributed by atoms with E-state index in [9.17, 15) is 14.0 Å². The van der Waals surface area contributed by atoms with Crippen molar-refractivity contribution in [1.29, 1.82) is 0 Å². The summed E-state index contributed by atoms with van der Waals surface area (Å²) in [6, 6.07) is 5.43. The Balaban J connectivity index is 1.37. The lowest BCUT2D eigenvalue weighted by Crippen LogP contribution is -2.49. The molecule has 3 N–H and O–H groups in total. The van der Waals surface area contributed by atoms with E-state index in [2.05, 4.69) is 5.32 Å². The van der Waals surface area contributed by atoms with E-state index in [1.165, 1.54) is 12.1 Å². The van der Waals surface area contributed by atoms with Gasteiger partial charge in [-0.3, -0.25) is 4.79 Å². The maximum Gasteiger partial charge on any atom is 0.407 e. The molecule has 0 bridgehead atoms. The van der Waals surface area contributed by atoms with Crippen molar-refractivity contribution in [2.24, 2.45) is 11.7 Å². The molecule has 1 unspecified atom stereocenters. The number of hydrogen-bond donors (Lipinski definition) is 2. The van der Waals surface area contributed by atoms with Gasteiger partial charge < -0.3 is 20.7 Å². The lowest BCUT2D eigenvalue weighted by Gasteiger charge is -2.33. The van der Waals surface area contributed by atoms with Crippen LogP contribution in [0.2, 0.25) is 0 Å². The first-order valence-corrected chi connectivity index (χ1v) is 10.5. The molecule has 1 heterocycles. The molecule has 27 heavy (non-hydrogen) atoms. The Morgan fingerprint density at radius 3 is 2.59 bits per heavy atom. The number of nitrogens with two attached hydrogens (primary N) is 1. The number of nitrogens with zero attached hydrogens (tertiary/aromatic N) is 1. The lowest BCUT2D eigenvalue weighted by molar-refractivity contribution is -0.132. The van der Waals surface area contributed by atoms with Gasteiger partial charge in [-0.25, -0.2) is 9.18 Å². The van der Waals surface area contributed by atoms with E-state index >= 15 is 0 Å². The zero-order valence-electron chi connectivity index (χ0n) is 15.2. The third-order valence-corrected chi connectivity index (χ3v) is 6.20. The van der Waals surface area contributed by atoms with Crippen molar-refractivity contribution in [3.05, 3.63) is 35.6 Å². The number of amides is 2. The molecule has 148 valence electrons. The van der Waals surface area contributed by atoms with Gasteiger partial charge in [-0.15, -0.1) is 11.8 Å². The number of hydrogen-bond acceptors (Lipinski definition) is 5. The number of carbonyl (C=O) groups is 2. The molecule has 2 aliphatic rings. The highest BCUT2D eigenvalue weighted by Gasteiger charge is 2.33. The maximum atomic E-state index is 12.9. The minimum absolute atomic E-state index is 0.0339. The van der Waals surface area contributed by atoms with Gasteiger partial charge in [-0.2, -0.15) is 0 Å². The van der Waals surface area contributed by atoms with Crippen LogP contribution in [0.15, 0.2) is 24.3 Å². The molecule has 1 saturated carbocycles. The van der Waals surface area contributed by atoms with Crippen LogP contribution in [-0.4, -0.2) is 47.2 Å². The van der Waals surface area contributed by atoms with Crippen LogP contribution in [0.4, 0.5) is 9.18 Å². The topological polar surface area (TPSA) is 84.7 Å². The van der Waals surface area contributed by atoms with Gasteiger partial charge in [0.15, 0.2) is 0 Å². The molecule has 0 spiro atoms. The molecule has 2 amide bonds. The first kappa shape index (κ1) is 19.9. The summed E-state index contributed by atoms with van der Waals surface area (Å²) >= 11 is 1.76. The molecule has 3 rings (SSSR count). The average Bonchev–Trinajstić information content (AvgIpc) is 3.22. The van der Waals surface area contributed by atoms with E-state index in [0.717, 1.165) is 49.4 Å². The summed E-state index contributed by atoms with van der Waals surface area (Å²) in [6.45, 7) is 0.892. The van der Waals surface area contributed by atoms with Gasteiger partial charge in [0.25, 0.3) is 0 Å². The highest BCUT2D eigenvalue weighted by Crippen LogP contribution is 2.28. The van der Waals surface area contributed by atoms with Crippen molar-refractivity contribution in [2.45, 2.75) is 44.4 Å². The summed E-state index contributed by atoms with van der Waals surface area (Å²) in [5.41, 5.74) is 6.94. The second-order valence-electron chi connectivity index (χ2n) is 7.12. The van der Waals surface area contributed by atoms with Gasteiger partial charge in [0.1, 0.15) is 12.4 Å². The Morgan fingerprint density at radius 2 is 1.96 bits per heavy atom. The SMILES string of the molecule is NC(C(=O)N1CCSC1)C1CCC(NC(=O)OCc2ccc(F)cc2)CC1. The number of benzene rings is 1. The second-order valence-corrected chi connectivity index (χ2v) is 8.20. The van der Waals surface area contributed by atoms with E-state index in [0.29, 0.717) is 0 Å². The molecule has 0 aromatic heterocycles. The monoisotopic (exact) mass is 395 g/mol.